The molecule has 0 radical (unpaired) electrons. The topological polar surface area (TPSA) is 43.9 Å². The highest BCUT2D eigenvalue weighted by molar-refractivity contribution is 6.30. The van der Waals surface area contributed by atoms with Crippen molar-refractivity contribution in [3.63, 3.8) is 0 Å². The minimum absolute atomic E-state index is 0.174. The van der Waals surface area contributed by atoms with Crippen molar-refractivity contribution in [2.45, 2.75) is 26.7 Å². The summed E-state index contributed by atoms with van der Waals surface area (Å²) in [5.74, 6) is 0.359. The average Bonchev–Trinajstić information content (AvgIpc) is 2.62. The SMILES string of the molecule is CCN(CC)C(=O)CN1CCN(C(=O)CCc2ccc(Cl)cc2)CC1. The fraction of sp³-hybridized carbons (Fsp3) is 0.579. The van der Waals surface area contributed by atoms with Crippen LogP contribution in [0.2, 0.25) is 5.02 Å². The summed E-state index contributed by atoms with van der Waals surface area (Å²) in [5.41, 5.74) is 1.13. The van der Waals surface area contributed by atoms with Crippen LogP contribution in [0.15, 0.2) is 24.3 Å². The van der Waals surface area contributed by atoms with Gasteiger partial charge in [0.2, 0.25) is 11.8 Å². The van der Waals surface area contributed by atoms with Crippen LogP contribution in [0.25, 0.3) is 0 Å². The number of likely N-dealkylation sites (N-methyl/N-ethyl adjacent to an activating group) is 1. The number of amides is 2. The van der Waals surface area contributed by atoms with Gasteiger partial charge in [-0.25, -0.2) is 0 Å². The van der Waals surface area contributed by atoms with Crippen LogP contribution >= 0.6 is 11.6 Å². The average molecular weight is 366 g/mol. The zero-order chi connectivity index (χ0) is 18.2. The molecule has 0 N–H and O–H groups in total. The molecule has 5 nitrogen and oxygen atoms in total. The maximum Gasteiger partial charge on any atom is 0.236 e. The number of carbonyl (C=O) groups excluding carboxylic acids is 2. The Morgan fingerprint density at radius 3 is 2.20 bits per heavy atom. The van der Waals surface area contributed by atoms with Gasteiger partial charge in [-0.05, 0) is 38.0 Å². The first kappa shape index (κ1) is 19.7. The van der Waals surface area contributed by atoms with E-state index < -0.39 is 0 Å². The fourth-order valence-electron chi connectivity index (χ4n) is 3.08. The molecule has 0 aromatic heterocycles. The molecule has 6 heteroatoms. The number of aryl methyl sites for hydroxylation is 1. The first-order valence-corrected chi connectivity index (χ1v) is 9.43. The van der Waals surface area contributed by atoms with Crippen LogP contribution in [0.1, 0.15) is 25.8 Å². The summed E-state index contributed by atoms with van der Waals surface area (Å²) in [5, 5.41) is 0.713. The lowest BCUT2D eigenvalue weighted by atomic mass is 10.1. The van der Waals surface area contributed by atoms with Gasteiger partial charge >= 0.3 is 0 Å². The van der Waals surface area contributed by atoms with Crippen LogP contribution in [0.5, 0.6) is 0 Å². The molecule has 0 atom stereocenters. The van der Waals surface area contributed by atoms with Gasteiger partial charge in [-0.15, -0.1) is 0 Å². The quantitative estimate of drug-likeness (QED) is 0.744. The molecule has 1 aromatic carbocycles. The summed E-state index contributed by atoms with van der Waals surface area (Å²) in [7, 11) is 0. The van der Waals surface area contributed by atoms with E-state index in [-0.39, 0.29) is 11.8 Å². The van der Waals surface area contributed by atoms with Gasteiger partial charge in [-0.2, -0.15) is 0 Å². The summed E-state index contributed by atoms with van der Waals surface area (Å²) in [6, 6.07) is 7.64. The predicted molar refractivity (Wildman–Crippen MR) is 101 cm³/mol. The van der Waals surface area contributed by atoms with Crippen molar-refractivity contribution in [2.75, 3.05) is 45.8 Å². The molecule has 0 spiro atoms. The first-order valence-electron chi connectivity index (χ1n) is 9.05. The van der Waals surface area contributed by atoms with Crippen molar-refractivity contribution in [1.82, 2.24) is 14.7 Å². The Balaban J connectivity index is 1.72. The molecule has 1 saturated heterocycles. The standard InChI is InChI=1S/C19H28ClN3O2/c1-3-22(4-2)19(25)15-21-11-13-23(14-12-21)18(24)10-7-16-5-8-17(20)9-6-16/h5-6,8-9H,3-4,7,10-15H2,1-2H3. The largest absolute Gasteiger partial charge is 0.342 e. The molecule has 1 aromatic rings. The van der Waals surface area contributed by atoms with E-state index >= 15 is 0 Å². The third-order valence-corrected chi connectivity index (χ3v) is 4.99. The molecule has 0 saturated carbocycles. The predicted octanol–water partition coefficient (Wildman–Crippen LogP) is 2.29. The Labute approximate surface area is 155 Å². The number of benzene rings is 1. The second kappa shape index (κ2) is 9.78. The zero-order valence-electron chi connectivity index (χ0n) is 15.2. The maximum absolute atomic E-state index is 12.4. The number of hydrogen-bond donors (Lipinski definition) is 0. The van der Waals surface area contributed by atoms with Gasteiger partial charge in [0.25, 0.3) is 0 Å². The van der Waals surface area contributed by atoms with Crippen molar-refractivity contribution in [3.05, 3.63) is 34.9 Å². The van der Waals surface area contributed by atoms with Crippen LogP contribution in [0.3, 0.4) is 0 Å². The molecule has 25 heavy (non-hydrogen) atoms. The van der Waals surface area contributed by atoms with Gasteiger partial charge in [0, 0.05) is 50.7 Å². The smallest absolute Gasteiger partial charge is 0.236 e. The van der Waals surface area contributed by atoms with Gasteiger partial charge in [-0.1, -0.05) is 23.7 Å². The Hall–Kier alpha value is -1.59. The summed E-state index contributed by atoms with van der Waals surface area (Å²) >= 11 is 5.88. The van der Waals surface area contributed by atoms with Crippen molar-refractivity contribution < 1.29 is 9.59 Å². The molecule has 2 rings (SSSR count). The highest BCUT2D eigenvalue weighted by Gasteiger charge is 2.23. The van der Waals surface area contributed by atoms with Crippen LogP contribution < -0.4 is 0 Å². The first-order chi connectivity index (χ1) is 12.0. The monoisotopic (exact) mass is 365 g/mol. The molecule has 0 bridgehead atoms. The lowest BCUT2D eigenvalue weighted by Crippen LogP contribution is -2.51. The summed E-state index contributed by atoms with van der Waals surface area (Å²) in [6.45, 7) is 8.87. The number of carbonyl (C=O) groups is 2. The second-order valence-electron chi connectivity index (χ2n) is 6.35. The molecule has 1 fully saturated rings. The van der Waals surface area contributed by atoms with E-state index in [1.54, 1.807) is 0 Å². The van der Waals surface area contributed by atoms with Crippen molar-refractivity contribution in [2.24, 2.45) is 0 Å². The normalized spacial score (nSPS) is 15.2. The van der Waals surface area contributed by atoms with Crippen LogP contribution in [0, 0.1) is 0 Å². The van der Waals surface area contributed by atoms with E-state index in [1.807, 2.05) is 47.9 Å². The molecule has 0 unspecified atom stereocenters. The number of halogens is 1. The van der Waals surface area contributed by atoms with Gasteiger partial charge in [0.1, 0.15) is 0 Å². The Kier molecular flexibility index (Phi) is 7.72. The lowest BCUT2D eigenvalue weighted by Gasteiger charge is -2.35. The second-order valence-corrected chi connectivity index (χ2v) is 6.79. The van der Waals surface area contributed by atoms with Crippen molar-refractivity contribution in [1.29, 1.82) is 0 Å². The number of nitrogens with zero attached hydrogens (tertiary/aromatic N) is 3. The van der Waals surface area contributed by atoms with E-state index in [9.17, 15) is 9.59 Å². The number of hydrogen-bond acceptors (Lipinski definition) is 3. The van der Waals surface area contributed by atoms with Crippen molar-refractivity contribution >= 4 is 23.4 Å². The molecule has 2 amide bonds. The van der Waals surface area contributed by atoms with Gasteiger partial charge < -0.3 is 9.80 Å². The van der Waals surface area contributed by atoms with Gasteiger partial charge in [-0.3, -0.25) is 14.5 Å². The molecular formula is C19H28ClN3O2. The summed E-state index contributed by atoms with van der Waals surface area (Å²) in [4.78, 5) is 30.4. The molecule has 1 aliphatic rings. The van der Waals surface area contributed by atoms with Crippen LogP contribution in [-0.2, 0) is 16.0 Å². The maximum atomic E-state index is 12.4. The minimum Gasteiger partial charge on any atom is -0.342 e. The molecule has 138 valence electrons. The Morgan fingerprint density at radius 1 is 1.04 bits per heavy atom. The number of piperazine rings is 1. The highest BCUT2D eigenvalue weighted by Crippen LogP contribution is 2.12. The zero-order valence-corrected chi connectivity index (χ0v) is 16.0. The molecule has 1 aliphatic heterocycles. The van der Waals surface area contributed by atoms with Gasteiger partial charge in [0.15, 0.2) is 0 Å². The fourth-order valence-corrected chi connectivity index (χ4v) is 3.21. The molecule has 1 heterocycles. The lowest BCUT2D eigenvalue weighted by molar-refractivity contribution is -0.135. The Bertz CT molecular complexity index is 565. The highest BCUT2D eigenvalue weighted by atomic mass is 35.5. The van der Waals surface area contributed by atoms with Crippen LogP contribution in [0.4, 0.5) is 0 Å². The summed E-state index contributed by atoms with van der Waals surface area (Å²) in [6.07, 6.45) is 1.25. The van der Waals surface area contributed by atoms with E-state index in [0.29, 0.717) is 31.1 Å². The molecular weight excluding hydrogens is 338 g/mol. The molecule has 0 aliphatic carbocycles. The van der Waals surface area contributed by atoms with Crippen LogP contribution in [-0.4, -0.2) is 72.3 Å². The van der Waals surface area contributed by atoms with E-state index in [2.05, 4.69) is 4.90 Å². The van der Waals surface area contributed by atoms with Gasteiger partial charge in [0.05, 0.1) is 6.54 Å². The third-order valence-electron chi connectivity index (χ3n) is 4.74. The third kappa shape index (κ3) is 6.01. The van der Waals surface area contributed by atoms with E-state index in [1.165, 1.54) is 0 Å². The van der Waals surface area contributed by atoms with Crippen molar-refractivity contribution in [3.8, 4) is 0 Å². The minimum atomic E-state index is 0.174. The van der Waals surface area contributed by atoms with E-state index in [0.717, 1.165) is 38.2 Å². The summed E-state index contributed by atoms with van der Waals surface area (Å²) < 4.78 is 0. The number of rotatable bonds is 7. The Morgan fingerprint density at radius 2 is 1.64 bits per heavy atom. The van der Waals surface area contributed by atoms with E-state index in [4.69, 9.17) is 11.6 Å².